The summed E-state index contributed by atoms with van der Waals surface area (Å²) in [6.07, 6.45) is -95.7. The van der Waals surface area contributed by atoms with Crippen molar-refractivity contribution in [3.8, 4) is 0 Å². The first-order valence-electron chi connectivity index (χ1n) is 39.0. The summed E-state index contributed by atoms with van der Waals surface area (Å²) in [5.41, 5.74) is 0. The van der Waals surface area contributed by atoms with E-state index in [1.165, 1.54) is 6.92 Å². The van der Waals surface area contributed by atoms with Crippen LogP contribution in [-0.2, 0) is 109 Å². The normalized spacial score (nSPS) is 49.7. The number of amides is 4. The number of hydrogen-bond acceptors (Lipinski definition) is 50. The van der Waals surface area contributed by atoms with E-state index < -0.39 is 390 Å². The topological polar surface area (TPSA) is 838 Å². The number of aliphatic hydroxyl groups excluding tert-OH is 27. The van der Waals surface area contributed by atoms with Crippen LogP contribution in [0.25, 0.3) is 0 Å². The zero-order valence-corrected chi connectivity index (χ0v) is 65.7. The summed E-state index contributed by atoms with van der Waals surface area (Å²) >= 11 is 0. The fourth-order valence-corrected chi connectivity index (χ4v) is 15.8. The van der Waals surface area contributed by atoms with Gasteiger partial charge in [0.15, 0.2) is 62.9 Å². The molecule has 10 rings (SSSR count). The molecule has 54 heteroatoms. The number of carbonyl (C=O) groups excluding carboxylic acids is 4. The van der Waals surface area contributed by atoms with E-state index in [0.717, 1.165) is 27.7 Å². The van der Waals surface area contributed by atoms with E-state index >= 15 is 0 Å². The number of ether oxygens (including phenoxy) is 19. The van der Waals surface area contributed by atoms with Crippen LogP contribution < -0.4 is 21.3 Å². The molecule has 0 aromatic rings. The molecule has 0 aromatic carbocycles. The maximum Gasteiger partial charge on any atom is 0.217 e. The zero-order valence-electron chi connectivity index (χ0n) is 65.7. The molecule has 10 aliphatic rings. The summed E-state index contributed by atoms with van der Waals surface area (Å²) in [5, 5.41) is 311. The minimum atomic E-state index is -2.63. The SMILES string of the molecule is CC(=O)N[C@@H]1[C@@H](O)[C@H](O[C@@H]2O[C@H](CO)[C@@H](O[C@@H]3O[C@H](CO[C@H]4O[C@H](CO)[C@@H](O)[C@H](O)[C@@H]4O[C@@H]4O[C@H](CO)[C@@H](O)[C@H](O[C@@H]5O[C@H](CO)[C@H](O)[C@H](O)[C@H]5O)[C@H]4NC(C)=O)[C@@H](O)[C@H](O[C@H]4O[C@H](CO)[C@@H](O)[C@H](O)[C@@H]4O[C@@H]4O[C@H](CO)[C@@H](O[C@@H]5O[C@H](CO)[C@H](O)[C@H](O)[C@H]5O)[C@H](O)[C@H]4NC(C)=O)[C@@H]3O)[C@H](O)[C@H]2NC(C)=O)[C@@H](CO[C@@H]2O[C@@H](C)[C@@H](O)[C@@H](O)[C@@H]2O)O[C@H]1O. The van der Waals surface area contributed by atoms with Crippen LogP contribution in [0.2, 0.25) is 0 Å². The van der Waals surface area contributed by atoms with Gasteiger partial charge < -0.3 is 249 Å². The van der Waals surface area contributed by atoms with Gasteiger partial charge in [0.2, 0.25) is 23.6 Å². The largest absolute Gasteiger partial charge is 0.394 e. The van der Waals surface area contributed by atoms with Crippen LogP contribution >= 0.6 is 0 Å². The highest BCUT2D eigenvalue weighted by Gasteiger charge is 2.62. The van der Waals surface area contributed by atoms with Crippen molar-refractivity contribution in [2.24, 2.45) is 0 Å². The van der Waals surface area contributed by atoms with E-state index in [2.05, 4.69) is 21.3 Å². The van der Waals surface area contributed by atoms with E-state index in [0.29, 0.717) is 0 Å². The van der Waals surface area contributed by atoms with Gasteiger partial charge in [0.1, 0.15) is 238 Å². The monoisotopic (exact) mass is 1790 g/mol. The standard InChI is InChI=1S/C68H114N4O50/c1-15-33(84)43(94)48(99)63(106-15)104-14-28-54(40(91)29(59(103)107-28)69-16(2)80)116-60-30(70-17(3)81)41(92)53(26(12-79)113-60)118-66-51(102)56(120-68-58(47(98)37(88)23(9-76)112-68)122-61-31(71-18(4)82)42(93)52(25(11-78)114-61)117-64-49(100)44(95)34(85)20(6-73)109-64)39(90)27(115-66)13-105-67-57(46(97)36(87)22(8-75)111-67)121-62-32(72-19(5)83)55(38(89)24(10-77)108-62)119-65-50(101)45(96)35(86)21(7-74)110-65/h15,20-68,73-79,84-103H,6-14H2,1-5H3,(H,69,80)(H,70,81)(H,71,82)(H,72,83)/t15-,20+,21+,22+,23+,24+,25+,26+,27+,28+,29+,30+,31+,32+,33+,34-,35-,36+,37+,38+,39+,40+,41+,42+,43+,44-,45-,46-,47-,48-,49+,50+,51-,52+,53+,54+,55+,56-,57-,58-,59+,60-,61-,62-,63+,64-,65-,66-,67-,68+/m0/s1. The molecular weight excluding hydrogens is 1670 g/mol. The molecule has 0 spiro atoms. The fraction of sp³-hybridized carbons (Fsp3) is 0.941. The van der Waals surface area contributed by atoms with Gasteiger partial charge in [0.25, 0.3) is 0 Å². The molecule has 10 saturated heterocycles. The Balaban J connectivity index is 0.993. The second-order valence-corrected chi connectivity index (χ2v) is 31.0. The van der Waals surface area contributed by atoms with E-state index in [-0.39, 0.29) is 0 Å². The predicted molar refractivity (Wildman–Crippen MR) is 375 cm³/mol. The maximum absolute atomic E-state index is 13.3. The molecule has 10 heterocycles. The highest BCUT2D eigenvalue weighted by Crippen LogP contribution is 2.41. The second kappa shape index (κ2) is 43.6. The van der Waals surface area contributed by atoms with Gasteiger partial charge in [-0.2, -0.15) is 0 Å². The lowest BCUT2D eigenvalue weighted by Crippen LogP contribution is -2.71. The van der Waals surface area contributed by atoms with E-state index in [1.54, 1.807) is 0 Å². The molecule has 0 unspecified atom stereocenters. The van der Waals surface area contributed by atoms with Crippen LogP contribution in [0, 0.1) is 0 Å². The molecule has 0 aromatic heterocycles. The molecular formula is C68H114N4O50. The molecule has 10 fully saturated rings. The first-order valence-corrected chi connectivity index (χ1v) is 39.0. The van der Waals surface area contributed by atoms with E-state index in [4.69, 9.17) is 90.0 Å². The lowest BCUT2D eigenvalue weighted by Gasteiger charge is -2.51. The maximum atomic E-state index is 13.3. The molecule has 50 atom stereocenters. The Morgan fingerprint density at radius 2 is 0.516 bits per heavy atom. The number of carbonyl (C=O) groups is 4. The lowest BCUT2D eigenvalue weighted by molar-refractivity contribution is -0.399. The predicted octanol–water partition coefficient (Wildman–Crippen LogP) is -21.2. The van der Waals surface area contributed by atoms with Gasteiger partial charge in [-0.05, 0) is 6.92 Å². The molecule has 10 aliphatic heterocycles. The van der Waals surface area contributed by atoms with Crippen molar-refractivity contribution >= 4 is 23.6 Å². The minimum Gasteiger partial charge on any atom is -0.394 e. The molecule has 0 bridgehead atoms. The quantitative estimate of drug-likeness (QED) is 0.0306. The Labute approximate surface area is 691 Å². The van der Waals surface area contributed by atoms with Crippen LogP contribution in [0.3, 0.4) is 0 Å². The van der Waals surface area contributed by atoms with Crippen LogP contribution in [-0.4, -0.2) is 528 Å². The highest BCUT2D eigenvalue weighted by atomic mass is 16.8. The molecule has 4 amide bonds. The van der Waals surface area contributed by atoms with Crippen LogP contribution in [0.5, 0.6) is 0 Å². The average Bonchev–Trinajstić information content (AvgIpc) is 0.768. The first-order chi connectivity index (χ1) is 57.7. The van der Waals surface area contributed by atoms with Crippen LogP contribution in [0.1, 0.15) is 34.6 Å². The van der Waals surface area contributed by atoms with Gasteiger partial charge in [-0.25, -0.2) is 0 Å². The summed E-state index contributed by atoms with van der Waals surface area (Å²) in [6, 6.07) is -7.69. The first kappa shape index (κ1) is 100. The van der Waals surface area contributed by atoms with Crippen molar-refractivity contribution in [3.63, 3.8) is 0 Å². The third kappa shape index (κ3) is 22.0. The van der Waals surface area contributed by atoms with Crippen LogP contribution in [0.15, 0.2) is 0 Å². The highest BCUT2D eigenvalue weighted by molar-refractivity contribution is 5.74. The summed E-state index contributed by atoms with van der Waals surface area (Å²) in [6.45, 7) is -4.89. The Kier molecular flexibility index (Phi) is 35.8. The summed E-state index contributed by atoms with van der Waals surface area (Å²) in [4.78, 5) is 51.8. The number of nitrogens with one attached hydrogen (secondary N) is 4. The molecule has 31 N–H and O–H groups in total. The van der Waals surface area contributed by atoms with E-state index in [9.17, 15) is 157 Å². The molecule has 706 valence electrons. The second-order valence-electron chi connectivity index (χ2n) is 31.0. The minimum absolute atomic E-state index is 0.847. The molecule has 0 radical (unpaired) electrons. The Bertz CT molecular complexity index is 3290. The Morgan fingerprint density at radius 3 is 0.975 bits per heavy atom. The smallest absolute Gasteiger partial charge is 0.217 e. The fourth-order valence-electron chi connectivity index (χ4n) is 15.8. The summed E-state index contributed by atoms with van der Waals surface area (Å²) < 4.78 is 113. The van der Waals surface area contributed by atoms with Crippen molar-refractivity contribution in [1.82, 2.24) is 21.3 Å². The van der Waals surface area contributed by atoms with E-state index in [1.807, 2.05) is 0 Å². The van der Waals surface area contributed by atoms with Crippen LogP contribution in [0.4, 0.5) is 0 Å². The molecule has 0 aliphatic carbocycles. The van der Waals surface area contributed by atoms with Gasteiger partial charge >= 0.3 is 0 Å². The molecule has 54 nitrogen and oxygen atoms in total. The Morgan fingerprint density at radius 1 is 0.230 bits per heavy atom. The van der Waals surface area contributed by atoms with Crippen molar-refractivity contribution in [2.75, 3.05) is 59.5 Å². The Hall–Kier alpha value is -3.96. The van der Waals surface area contributed by atoms with Gasteiger partial charge in [0, 0.05) is 27.7 Å². The summed E-state index contributed by atoms with van der Waals surface area (Å²) in [5.74, 6) is -3.77. The van der Waals surface area contributed by atoms with Crippen molar-refractivity contribution in [2.45, 2.75) is 341 Å². The van der Waals surface area contributed by atoms with Crippen molar-refractivity contribution in [3.05, 3.63) is 0 Å². The zero-order chi connectivity index (χ0) is 89.8. The van der Waals surface area contributed by atoms with Gasteiger partial charge in [-0.3, -0.25) is 19.2 Å². The molecule has 122 heavy (non-hydrogen) atoms. The number of aliphatic hydroxyl groups is 27. The lowest BCUT2D eigenvalue weighted by atomic mass is 9.93. The summed E-state index contributed by atoms with van der Waals surface area (Å²) in [7, 11) is 0. The van der Waals surface area contributed by atoms with Crippen molar-refractivity contribution in [1.29, 1.82) is 0 Å². The van der Waals surface area contributed by atoms with Gasteiger partial charge in [-0.15, -0.1) is 0 Å². The van der Waals surface area contributed by atoms with Gasteiger partial charge in [-0.1, -0.05) is 0 Å². The number of hydrogen-bond donors (Lipinski definition) is 31. The third-order valence-electron chi connectivity index (χ3n) is 22.4. The average molecular weight is 1790 g/mol. The molecule has 0 saturated carbocycles. The van der Waals surface area contributed by atoms with Crippen molar-refractivity contribution < 1.29 is 247 Å². The third-order valence-corrected chi connectivity index (χ3v) is 22.4. The van der Waals surface area contributed by atoms with Gasteiger partial charge in [0.05, 0.1) is 65.6 Å². The number of rotatable bonds is 31.